The Hall–Kier alpha value is -0.920. The summed E-state index contributed by atoms with van der Waals surface area (Å²) < 4.78 is 80.8. The zero-order valence-electron chi connectivity index (χ0n) is 15.0. The number of benzene rings is 2. The first kappa shape index (κ1) is 22.8. The molecule has 1 aliphatic heterocycles. The standard InChI is InChI=1S/C18H16BrF4IN2O2S/c1-17(24)11-25(16-7-4-13(20)10-15(16)18(21,22)23)8-9-26(17)29(27,28)14-5-2-12(19)3-6-14/h2-7,10H,8-9,11H2,1H3. The van der Waals surface area contributed by atoms with Gasteiger partial charge in [0.1, 0.15) is 9.36 Å². The summed E-state index contributed by atoms with van der Waals surface area (Å²) in [4.78, 5) is 1.55. The maximum Gasteiger partial charge on any atom is 0.418 e. The number of alkyl halides is 4. The van der Waals surface area contributed by atoms with Crippen molar-refractivity contribution in [3.05, 3.63) is 58.3 Å². The lowest BCUT2D eigenvalue weighted by molar-refractivity contribution is -0.137. The topological polar surface area (TPSA) is 40.6 Å². The molecular weight excluding hydrogens is 591 g/mol. The van der Waals surface area contributed by atoms with Gasteiger partial charge in [0.05, 0.1) is 10.5 Å². The van der Waals surface area contributed by atoms with Gasteiger partial charge >= 0.3 is 6.18 Å². The summed E-state index contributed by atoms with van der Waals surface area (Å²) in [6, 6.07) is 8.69. The van der Waals surface area contributed by atoms with Gasteiger partial charge in [0.2, 0.25) is 10.0 Å². The highest BCUT2D eigenvalue weighted by atomic mass is 127. The Morgan fingerprint density at radius 1 is 1.10 bits per heavy atom. The molecule has 2 aromatic rings. The van der Waals surface area contributed by atoms with Crippen LogP contribution in [0.25, 0.3) is 0 Å². The minimum atomic E-state index is -4.72. The summed E-state index contributed by atoms with van der Waals surface area (Å²) in [7, 11) is -3.84. The molecule has 0 spiro atoms. The van der Waals surface area contributed by atoms with Gasteiger partial charge in [0.15, 0.2) is 0 Å². The zero-order chi connectivity index (χ0) is 21.6. The molecule has 1 saturated heterocycles. The first-order chi connectivity index (χ1) is 13.3. The van der Waals surface area contributed by atoms with Crippen molar-refractivity contribution in [3.8, 4) is 0 Å². The van der Waals surface area contributed by atoms with Crippen LogP contribution >= 0.6 is 38.5 Å². The lowest BCUT2D eigenvalue weighted by Crippen LogP contribution is -2.59. The molecule has 1 aliphatic rings. The molecule has 0 saturated carbocycles. The summed E-state index contributed by atoms with van der Waals surface area (Å²) >= 11 is 5.19. The third-order valence-electron chi connectivity index (χ3n) is 4.58. The molecule has 0 amide bonds. The number of halogens is 6. The summed E-state index contributed by atoms with van der Waals surface area (Å²) in [5, 5.41) is 0. The average Bonchev–Trinajstić information content (AvgIpc) is 2.60. The Morgan fingerprint density at radius 3 is 2.28 bits per heavy atom. The van der Waals surface area contributed by atoms with Crippen molar-refractivity contribution >= 4 is 54.2 Å². The molecule has 3 rings (SSSR count). The van der Waals surface area contributed by atoms with Gasteiger partial charge in [0, 0.05) is 29.8 Å². The molecule has 1 unspecified atom stereocenters. The predicted molar refractivity (Wildman–Crippen MR) is 114 cm³/mol. The van der Waals surface area contributed by atoms with E-state index in [0.717, 1.165) is 16.6 Å². The summed E-state index contributed by atoms with van der Waals surface area (Å²) in [5.74, 6) is -0.977. The molecule has 1 heterocycles. The maximum absolute atomic E-state index is 13.4. The van der Waals surface area contributed by atoms with Gasteiger partial charge in [-0.1, -0.05) is 38.5 Å². The first-order valence-corrected chi connectivity index (χ1v) is 11.7. The van der Waals surface area contributed by atoms with Crippen LogP contribution in [-0.2, 0) is 16.2 Å². The lowest BCUT2D eigenvalue weighted by Gasteiger charge is -2.46. The second-order valence-electron chi connectivity index (χ2n) is 6.75. The molecule has 0 N–H and O–H groups in total. The lowest BCUT2D eigenvalue weighted by atomic mass is 10.1. The van der Waals surface area contributed by atoms with E-state index < -0.39 is 31.1 Å². The Morgan fingerprint density at radius 2 is 1.72 bits per heavy atom. The van der Waals surface area contributed by atoms with Crippen LogP contribution in [0.15, 0.2) is 51.8 Å². The van der Waals surface area contributed by atoms with E-state index in [2.05, 4.69) is 15.9 Å². The smallest absolute Gasteiger partial charge is 0.367 e. The highest BCUT2D eigenvalue weighted by Crippen LogP contribution is 2.41. The van der Waals surface area contributed by atoms with E-state index in [1.807, 2.05) is 22.6 Å². The fourth-order valence-electron chi connectivity index (χ4n) is 3.27. The molecule has 1 atom stereocenters. The van der Waals surface area contributed by atoms with Crippen LogP contribution in [0.4, 0.5) is 23.2 Å². The van der Waals surface area contributed by atoms with Gasteiger partial charge in [-0.25, -0.2) is 12.8 Å². The quantitative estimate of drug-likeness (QED) is 0.207. The van der Waals surface area contributed by atoms with Crippen LogP contribution in [0, 0.1) is 5.82 Å². The van der Waals surface area contributed by atoms with E-state index in [9.17, 15) is 26.0 Å². The molecule has 0 aliphatic carbocycles. The molecule has 4 nitrogen and oxygen atoms in total. The number of anilines is 1. The van der Waals surface area contributed by atoms with Gasteiger partial charge in [-0.2, -0.15) is 17.5 Å². The number of sulfonamides is 1. The zero-order valence-corrected chi connectivity index (χ0v) is 19.6. The van der Waals surface area contributed by atoms with Crippen LogP contribution in [0.1, 0.15) is 12.5 Å². The van der Waals surface area contributed by atoms with Crippen molar-refractivity contribution in [1.82, 2.24) is 4.31 Å². The molecule has 158 valence electrons. The minimum absolute atomic E-state index is 0.00743. The van der Waals surface area contributed by atoms with Gasteiger partial charge in [-0.05, 0) is 49.4 Å². The van der Waals surface area contributed by atoms with E-state index in [-0.39, 0.29) is 30.2 Å². The molecule has 0 aromatic heterocycles. The highest BCUT2D eigenvalue weighted by Gasteiger charge is 2.45. The Bertz CT molecular complexity index is 1010. The average molecular weight is 607 g/mol. The van der Waals surface area contributed by atoms with Crippen molar-refractivity contribution in [2.75, 3.05) is 24.5 Å². The van der Waals surface area contributed by atoms with E-state index in [0.29, 0.717) is 6.07 Å². The molecular formula is C18H16BrF4IN2O2S. The molecule has 2 aromatic carbocycles. The van der Waals surface area contributed by atoms with E-state index in [1.165, 1.54) is 21.3 Å². The van der Waals surface area contributed by atoms with Crippen molar-refractivity contribution in [3.63, 3.8) is 0 Å². The van der Waals surface area contributed by atoms with Crippen LogP contribution in [0.3, 0.4) is 0 Å². The van der Waals surface area contributed by atoms with Gasteiger partial charge < -0.3 is 4.90 Å². The number of hydrogen-bond donors (Lipinski definition) is 0. The Labute approximate surface area is 188 Å². The third-order valence-corrected chi connectivity index (χ3v) is 8.39. The summed E-state index contributed by atoms with van der Waals surface area (Å²) in [6.07, 6.45) is -4.72. The molecule has 1 fully saturated rings. The van der Waals surface area contributed by atoms with Gasteiger partial charge in [-0.15, -0.1) is 0 Å². The SMILES string of the molecule is CC1(I)CN(c2ccc(F)cc2C(F)(F)F)CCN1S(=O)(=O)c1ccc(Br)cc1. The van der Waals surface area contributed by atoms with Crippen LogP contribution in [-0.4, -0.2) is 35.9 Å². The van der Waals surface area contributed by atoms with Crippen molar-refractivity contribution < 1.29 is 26.0 Å². The summed E-state index contributed by atoms with van der Waals surface area (Å²) in [6.45, 7) is 1.69. The predicted octanol–water partition coefficient (Wildman–Crippen LogP) is 5.27. The second kappa shape index (κ2) is 7.97. The third kappa shape index (κ3) is 4.72. The molecule has 11 heteroatoms. The Kier molecular flexibility index (Phi) is 6.25. The first-order valence-electron chi connectivity index (χ1n) is 8.41. The Balaban J connectivity index is 1.93. The van der Waals surface area contributed by atoms with Gasteiger partial charge in [0.25, 0.3) is 0 Å². The molecule has 0 radical (unpaired) electrons. The van der Waals surface area contributed by atoms with E-state index >= 15 is 0 Å². The van der Waals surface area contributed by atoms with Gasteiger partial charge in [-0.3, -0.25) is 0 Å². The van der Waals surface area contributed by atoms with Crippen LogP contribution < -0.4 is 4.90 Å². The number of piperazine rings is 1. The van der Waals surface area contributed by atoms with Crippen LogP contribution in [0.2, 0.25) is 0 Å². The summed E-state index contributed by atoms with van der Waals surface area (Å²) in [5.41, 5.74) is -1.24. The number of rotatable bonds is 3. The molecule has 29 heavy (non-hydrogen) atoms. The van der Waals surface area contributed by atoms with E-state index in [4.69, 9.17) is 0 Å². The van der Waals surface area contributed by atoms with E-state index in [1.54, 1.807) is 19.1 Å². The maximum atomic E-state index is 13.4. The fourth-order valence-corrected chi connectivity index (χ4v) is 6.58. The second-order valence-corrected chi connectivity index (χ2v) is 11.9. The van der Waals surface area contributed by atoms with Crippen LogP contribution in [0.5, 0.6) is 0 Å². The monoisotopic (exact) mass is 606 g/mol. The van der Waals surface area contributed by atoms with Crippen molar-refractivity contribution in [2.24, 2.45) is 0 Å². The van der Waals surface area contributed by atoms with Crippen molar-refractivity contribution in [2.45, 2.75) is 21.5 Å². The minimum Gasteiger partial charge on any atom is -0.367 e. The van der Waals surface area contributed by atoms with Crippen molar-refractivity contribution in [1.29, 1.82) is 0 Å². The largest absolute Gasteiger partial charge is 0.418 e. The fraction of sp³-hybridized carbons (Fsp3) is 0.333. The molecule has 0 bridgehead atoms. The highest BCUT2D eigenvalue weighted by molar-refractivity contribution is 14.1. The number of nitrogens with zero attached hydrogens (tertiary/aromatic N) is 2. The normalized spacial score (nSPS) is 21.4. The number of hydrogen-bond acceptors (Lipinski definition) is 3.